The SMILES string of the molecule is CC1=C(C(=O)Nc2cc(C(F)(F)F)ccc2Cl)C(c2ccc(Cl)cc2)C2=C(CC(C)(C)CC2=O)N1. The van der Waals surface area contributed by atoms with Crippen molar-refractivity contribution in [1.82, 2.24) is 5.32 Å². The number of hydrogen-bond donors (Lipinski definition) is 2. The second-order valence-electron chi connectivity index (χ2n) is 9.63. The number of alkyl halides is 3. The maximum Gasteiger partial charge on any atom is 0.416 e. The molecule has 0 saturated heterocycles. The molecule has 0 saturated carbocycles. The molecule has 4 rings (SSSR count). The molecular weight excluding hydrogens is 500 g/mol. The highest BCUT2D eigenvalue weighted by molar-refractivity contribution is 6.34. The van der Waals surface area contributed by atoms with Gasteiger partial charge >= 0.3 is 6.18 Å². The van der Waals surface area contributed by atoms with E-state index in [-0.39, 0.29) is 27.5 Å². The second-order valence-corrected chi connectivity index (χ2v) is 10.5. The van der Waals surface area contributed by atoms with Crippen LogP contribution in [0.25, 0.3) is 0 Å². The quantitative estimate of drug-likeness (QED) is 0.446. The first-order chi connectivity index (χ1) is 16.3. The molecule has 0 bridgehead atoms. The highest BCUT2D eigenvalue weighted by Crippen LogP contribution is 2.47. The first kappa shape index (κ1) is 25.3. The van der Waals surface area contributed by atoms with Crippen LogP contribution >= 0.6 is 23.2 Å². The van der Waals surface area contributed by atoms with Crippen molar-refractivity contribution in [1.29, 1.82) is 0 Å². The fourth-order valence-corrected chi connectivity index (χ4v) is 5.00. The number of carbonyl (C=O) groups is 2. The molecule has 2 aromatic carbocycles. The lowest BCUT2D eigenvalue weighted by atomic mass is 9.68. The Morgan fingerprint density at radius 3 is 2.37 bits per heavy atom. The molecule has 1 atom stereocenters. The van der Waals surface area contributed by atoms with Gasteiger partial charge in [0.1, 0.15) is 0 Å². The van der Waals surface area contributed by atoms with Gasteiger partial charge in [0.05, 0.1) is 16.3 Å². The van der Waals surface area contributed by atoms with Gasteiger partial charge < -0.3 is 10.6 Å². The lowest BCUT2D eigenvalue weighted by Crippen LogP contribution is -2.39. The van der Waals surface area contributed by atoms with Gasteiger partial charge in [0, 0.05) is 39.9 Å². The van der Waals surface area contributed by atoms with Crippen molar-refractivity contribution in [2.45, 2.75) is 45.7 Å². The lowest BCUT2D eigenvalue weighted by Gasteiger charge is -2.39. The summed E-state index contributed by atoms with van der Waals surface area (Å²) in [6, 6.07) is 9.56. The van der Waals surface area contributed by atoms with Gasteiger partial charge in [-0.2, -0.15) is 13.2 Å². The first-order valence-electron chi connectivity index (χ1n) is 10.9. The van der Waals surface area contributed by atoms with Crippen LogP contribution in [0.1, 0.15) is 50.7 Å². The molecule has 2 N–H and O–H groups in total. The Labute approximate surface area is 211 Å². The summed E-state index contributed by atoms with van der Waals surface area (Å²) in [7, 11) is 0. The van der Waals surface area contributed by atoms with Crippen LogP contribution in [0.15, 0.2) is 65.0 Å². The van der Waals surface area contributed by atoms with Gasteiger partial charge in [0.25, 0.3) is 5.91 Å². The summed E-state index contributed by atoms with van der Waals surface area (Å²) in [5.41, 5.74) is 1.29. The van der Waals surface area contributed by atoms with E-state index in [1.54, 1.807) is 31.2 Å². The van der Waals surface area contributed by atoms with E-state index in [0.717, 1.165) is 23.9 Å². The summed E-state index contributed by atoms with van der Waals surface area (Å²) in [5.74, 6) is -1.45. The maximum absolute atomic E-state index is 13.5. The number of hydrogen-bond acceptors (Lipinski definition) is 3. The molecule has 1 heterocycles. The topological polar surface area (TPSA) is 58.2 Å². The highest BCUT2D eigenvalue weighted by Gasteiger charge is 2.42. The number of ketones is 1. The van der Waals surface area contributed by atoms with E-state index in [1.807, 2.05) is 13.8 Å². The average Bonchev–Trinajstić information content (AvgIpc) is 2.73. The third kappa shape index (κ3) is 5.11. The van der Waals surface area contributed by atoms with Crippen molar-refractivity contribution in [2.24, 2.45) is 5.41 Å². The molecule has 2 aliphatic rings. The highest BCUT2D eigenvalue weighted by atomic mass is 35.5. The van der Waals surface area contributed by atoms with Crippen LogP contribution in [0.4, 0.5) is 18.9 Å². The number of Topliss-reactive ketones (excluding diaryl/α,β-unsaturated/α-hetero) is 1. The number of rotatable bonds is 3. The Balaban J connectivity index is 1.79. The molecule has 0 radical (unpaired) electrons. The number of amides is 1. The fourth-order valence-electron chi connectivity index (χ4n) is 4.71. The van der Waals surface area contributed by atoms with Gasteiger partial charge in [0.2, 0.25) is 0 Å². The maximum atomic E-state index is 13.5. The van der Waals surface area contributed by atoms with E-state index in [0.29, 0.717) is 34.7 Å². The second kappa shape index (κ2) is 9.03. The zero-order valence-electron chi connectivity index (χ0n) is 19.2. The van der Waals surface area contributed by atoms with Gasteiger partial charge in [-0.25, -0.2) is 0 Å². The monoisotopic (exact) mass is 522 g/mol. The number of dihydropyridines is 1. The molecule has 1 amide bonds. The Hall–Kier alpha value is -2.77. The largest absolute Gasteiger partial charge is 0.416 e. The van der Waals surface area contributed by atoms with Gasteiger partial charge in [-0.05, 0) is 54.7 Å². The molecular formula is C26H23Cl2F3N2O2. The van der Waals surface area contributed by atoms with Crippen LogP contribution in [0.5, 0.6) is 0 Å². The zero-order valence-corrected chi connectivity index (χ0v) is 20.8. The summed E-state index contributed by atoms with van der Waals surface area (Å²) in [6.07, 6.45) is -3.67. The lowest BCUT2D eigenvalue weighted by molar-refractivity contribution is -0.137. The molecule has 9 heteroatoms. The summed E-state index contributed by atoms with van der Waals surface area (Å²) in [5, 5.41) is 6.21. The van der Waals surface area contributed by atoms with E-state index in [4.69, 9.17) is 23.2 Å². The van der Waals surface area contributed by atoms with Gasteiger partial charge in [0.15, 0.2) is 5.78 Å². The minimum atomic E-state index is -4.60. The number of anilines is 1. The van der Waals surface area contributed by atoms with Crippen LogP contribution in [0.2, 0.25) is 10.0 Å². The predicted octanol–water partition coefficient (Wildman–Crippen LogP) is 7.25. The summed E-state index contributed by atoms with van der Waals surface area (Å²) >= 11 is 12.2. The summed E-state index contributed by atoms with van der Waals surface area (Å²) < 4.78 is 39.7. The van der Waals surface area contributed by atoms with E-state index < -0.39 is 23.6 Å². The smallest absolute Gasteiger partial charge is 0.362 e. The minimum Gasteiger partial charge on any atom is -0.362 e. The molecule has 0 spiro atoms. The van der Waals surface area contributed by atoms with Crippen LogP contribution in [-0.2, 0) is 15.8 Å². The van der Waals surface area contributed by atoms with Crippen molar-refractivity contribution in [3.05, 3.63) is 86.2 Å². The normalized spacial score (nSPS) is 19.9. The number of carbonyl (C=O) groups excluding carboxylic acids is 2. The van der Waals surface area contributed by atoms with Crippen molar-refractivity contribution < 1.29 is 22.8 Å². The van der Waals surface area contributed by atoms with Gasteiger partial charge in [-0.1, -0.05) is 49.2 Å². The molecule has 1 aliphatic heterocycles. The molecule has 0 aromatic heterocycles. The number of nitrogens with one attached hydrogen (secondary N) is 2. The average molecular weight is 523 g/mol. The predicted molar refractivity (Wildman–Crippen MR) is 130 cm³/mol. The number of allylic oxidation sites excluding steroid dienone is 3. The summed E-state index contributed by atoms with van der Waals surface area (Å²) in [4.78, 5) is 26.9. The molecule has 35 heavy (non-hydrogen) atoms. The van der Waals surface area contributed by atoms with Crippen LogP contribution in [0, 0.1) is 5.41 Å². The standard InChI is InChI=1S/C26H23Cl2F3N2O2/c1-13-21(24(35)33-18-10-15(26(29,30)31)6-9-17(18)28)22(14-4-7-16(27)8-5-14)23-19(32-13)11-25(2,3)12-20(23)34/h4-10,22,32H,11-12H2,1-3H3,(H,33,35). The van der Waals surface area contributed by atoms with E-state index in [9.17, 15) is 22.8 Å². The Morgan fingerprint density at radius 2 is 1.74 bits per heavy atom. The van der Waals surface area contributed by atoms with E-state index in [2.05, 4.69) is 10.6 Å². The number of halogens is 5. The van der Waals surface area contributed by atoms with Gasteiger partial charge in [-0.15, -0.1) is 0 Å². The fraction of sp³-hybridized carbons (Fsp3) is 0.308. The molecule has 1 aliphatic carbocycles. The Morgan fingerprint density at radius 1 is 1.09 bits per heavy atom. The molecule has 184 valence electrons. The number of benzene rings is 2. The third-order valence-corrected chi connectivity index (χ3v) is 6.81. The van der Waals surface area contributed by atoms with Crippen molar-refractivity contribution >= 4 is 40.6 Å². The minimum absolute atomic E-state index is 0.0354. The van der Waals surface area contributed by atoms with Crippen molar-refractivity contribution in [3.8, 4) is 0 Å². The molecule has 0 fully saturated rings. The van der Waals surface area contributed by atoms with Gasteiger partial charge in [-0.3, -0.25) is 9.59 Å². The first-order valence-corrected chi connectivity index (χ1v) is 11.7. The zero-order chi connectivity index (χ0) is 25.7. The van der Waals surface area contributed by atoms with E-state index in [1.165, 1.54) is 0 Å². The van der Waals surface area contributed by atoms with Crippen LogP contribution < -0.4 is 10.6 Å². The molecule has 1 unspecified atom stereocenters. The van der Waals surface area contributed by atoms with Crippen LogP contribution in [-0.4, -0.2) is 11.7 Å². The summed E-state index contributed by atoms with van der Waals surface area (Å²) in [6.45, 7) is 5.72. The molecule has 4 nitrogen and oxygen atoms in total. The third-order valence-electron chi connectivity index (χ3n) is 6.23. The Bertz CT molecular complexity index is 1280. The molecule has 2 aromatic rings. The Kier molecular flexibility index (Phi) is 6.53. The van der Waals surface area contributed by atoms with Crippen LogP contribution in [0.3, 0.4) is 0 Å². The van der Waals surface area contributed by atoms with E-state index >= 15 is 0 Å². The van der Waals surface area contributed by atoms with Crippen molar-refractivity contribution in [2.75, 3.05) is 5.32 Å². The van der Waals surface area contributed by atoms with Crippen molar-refractivity contribution in [3.63, 3.8) is 0 Å².